The first-order chi connectivity index (χ1) is 15.0. The summed E-state index contributed by atoms with van der Waals surface area (Å²) in [6.45, 7) is -0.198. The van der Waals surface area contributed by atoms with Crippen molar-refractivity contribution in [3.05, 3.63) is 76.2 Å². The number of hydrazone groups is 1. The van der Waals surface area contributed by atoms with E-state index >= 15 is 0 Å². The van der Waals surface area contributed by atoms with Crippen LogP contribution >= 0.6 is 23.2 Å². The maximum atomic E-state index is 13.0. The number of tetrazole rings is 1. The first kappa shape index (κ1) is 20.7. The predicted octanol–water partition coefficient (Wildman–Crippen LogP) is 4.20. The fraction of sp³-hybridized carbons (Fsp3) is 0.0500. The van der Waals surface area contributed by atoms with Crippen molar-refractivity contribution in [3.8, 4) is 22.7 Å². The van der Waals surface area contributed by atoms with Gasteiger partial charge in [-0.25, -0.2) is 9.82 Å². The van der Waals surface area contributed by atoms with Crippen LogP contribution in [-0.2, 0) is 11.3 Å². The van der Waals surface area contributed by atoms with Gasteiger partial charge in [-0.3, -0.25) is 4.79 Å². The number of carbonyl (C=O) groups excluding carboxylic acids is 1. The fourth-order valence-electron chi connectivity index (χ4n) is 2.63. The van der Waals surface area contributed by atoms with Gasteiger partial charge in [0.15, 0.2) is 0 Å². The lowest BCUT2D eigenvalue weighted by Gasteiger charge is -1.99. The topological polar surface area (TPSA) is 98.2 Å². The van der Waals surface area contributed by atoms with Crippen LogP contribution in [0.4, 0.5) is 4.39 Å². The molecule has 0 aliphatic heterocycles. The minimum Gasteiger partial charge on any atom is -0.455 e. The molecule has 0 aliphatic rings. The number of halogens is 3. The van der Waals surface area contributed by atoms with Crippen LogP contribution in [0.5, 0.6) is 0 Å². The van der Waals surface area contributed by atoms with Gasteiger partial charge in [0, 0.05) is 21.2 Å². The Kier molecular flexibility index (Phi) is 6.06. The third-order valence-corrected chi connectivity index (χ3v) is 4.43. The van der Waals surface area contributed by atoms with E-state index in [4.69, 9.17) is 27.6 Å². The summed E-state index contributed by atoms with van der Waals surface area (Å²) < 4.78 is 18.7. The first-order valence-corrected chi connectivity index (χ1v) is 9.64. The summed E-state index contributed by atoms with van der Waals surface area (Å²) in [5.41, 5.74) is 3.66. The molecule has 0 aliphatic carbocycles. The molecule has 11 heteroatoms. The fourth-order valence-corrected chi connectivity index (χ4v) is 3.16. The summed E-state index contributed by atoms with van der Waals surface area (Å²) in [6.07, 6.45) is 1.35. The Morgan fingerprint density at radius 1 is 1.10 bits per heavy atom. The second-order valence-electron chi connectivity index (χ2n) is 6.30. The Bertz CT molecular complexity index is 1230. The minimum absolute atomic E-state index is 0.198. The zero-order valence-corrected chi connectivity index (χ0v) is 17.2. The van der Waals surface area contributed by atoms with E-state index in [2.05, 4.69) is 25.9 Å². The number of nitrogens with zero attached hydrogens (tertiary/aromatic N) is 5. The molecule has 1 amide bonds. The van der Waals surface area contributed by atoms with Crippen molar-refractivity contribution < 1.29 is 13.6 Å². The zero-order valence-electron chi connectivity index (χ0n) is 15.7. The van der Waals surface area contributed by atoms with Gasteiger partial charge in [-0.05, 0) is 59.8 Å². The van der Waals surface area contributed by atoms with Gasteiger partial charge in [0.2, 0.25) is 5.82 Å². The van der Waals surface area contributed by atoms with Crippen molar-refractivity contribution in [2.45, 2.75) is 6.54 Å². The lowest BCUT2D eigenvalue weighted by molar-refractivity contribution is -0.122. The summed E-state index contributed by atoms with van der Waals surface area (Å²) in [5.74, 6) is 0.419. The molecule has 156 valence electrons. The molecule has 0 saturated carbocycles. The maximum Gasteiger partial charge on any atom is 0.263 e. The SMILES string of the molecule is O=C(Cn1nnc(-c2ccc(F)cc2)n1)N/N=C\c1ccc(-c2cc(Cl)cc(Cl)c2)o1. The molecule has 0 radical (unpaired) electrons. The molecule has 8 nitrogen and oxygen atoms in total. The van der Waals surface area contributed by atoms with Gasteiger partial charge in [0.1, 0.15) is 23.9 Å². The van der Waals surface area contributed by atoms with E-state index in [-0.39, 0.29) is 18.2 Å². The molecule has 31 heavy (non-hydrogen) atoms. The molecule has 0 atom stereocenters. The van der Waals surface area contributed by atoms with E-state index in [9.17, 15) is 9.18 Å². The van der Waals surface area contributed by atoms with E-state index in [0.717, 1.165) is 10.4 Å². The quantitative estimate of drug-likeness (QED) is 0.344. The number of hydrogen-bond donors (Lipinski definition) is 1. The Balaban J connectivity index is 1.34. The third-order valence-electron chi connectivity index (χ3n) is 4.00. The molecule has 2 heterocycles. The molecule has 2 aromatic heterocycles. The Morgan fingerprint density at radius 2 is 1.84 bits per heavy atom. The number of carbonyl (C=O) groups is 1. The summed E-state index contributed by atoms with van der Waals surface area (Å²) in [6, 6.07) is 14.1. The highest BCUT2D eigenvalue weighted by molar-refractivity contribution is 6.35. The van der Waals surface area contributed by atoms with Crippen molar-refractivity contribution >= 4 is 35.3 Å². The second-order valence-corrected chi connectivity index (χ2v) is 7.18. The Hall–Kier alpha value is -3.56. The molecular formula is C20H13Cl2FN6O2. The first-order valence-electron chi connectivity index (χ1n) is 8.88. The number of hydrogen-bond acceptors (Lipinski definition) is 6. The standard InChI is InChI=1S/C20H13Cl2FN6O2/c21-14-7-13(8-15(22)9-14)18-6-5-17(31-18)10-24-25-19(30)11-29-27-20(26-28-29)12-1-3-16(23)4-2-12/h1-10H,11H2,(H,25,30)/b24-10-. The lowest BCUT2D eigenvalue weighted by atomic mass is 10.2. The number of benzene rings is 2. The molecule has 4 rings (SSSR count). The molecule has 0 bridgehead atoms. The van der Waals surface area contributed by atoms with E-state index in [0.29, 0.717) is 27.1 Å². The van der Waals surface area contributed by atoms with Gasteiger partial charge in [-0.2, -0.15) is 9.90 Å². The number of nitrogens with one attached hydrogen (secondary N) is 1. The number of furan rings is 1. The zero-order chi connectivity index (χ0) is 21.8. The Morgan fingerprint density at radius 3 is 2.58 bits per heavy atom. The second kappa shape index (κ2) is 9.07. The van der Waals surface area contributed by atoms with Gasteiger partial charge in [-0.15, -0.1) is 10.2 Å². The van der Waals surface area contributed by atoms with Crippen LogP contribution in [0.15, 0.2) is 64.1 Å². The molecule has 0 spiro atoms. The van der Waals surface area contributed by atoms with Crippen LogP contribution in [0.1, 0.15) is 5.76 Å². The summed E-state index contributed by atoms with van der Waals surface area (Å²) in [4.78, 5) is 13.1. The van der Waals surface area contributed by atoms with Crippen molar-refractivity contribution in [1.82, 2.24) is 25.6 Å². The van der Waals surface area contributed by atoms with Gasteiger partial charge < -0.3 is 4.42 Å². The highest BCUT2D eigenvalue weighted by Gasteiger charge is 2.10. The van der Waals surface area contributed by atoms with Crippen LogP contribution in [0.3, 0.4) is 0 Å². The van der Waals surface area contributed by atoms with Crippen molar-refractivity contribution in [3.63, 3.8) is 0 Å². The lowest BCUT2D eigenvalue weighted by Crippen LogP contribution is -2.24. The average Bonchev–Trinajstić information content (AvgIpc) is 3.38. The van der Waals surface area contributed by atoms with Gasteiger partial charge in [0.25, 0.3) is 5.91 Å². The maximum absolute atomic E-state index is 13.0. The van der Waals surface area contributed by atoms with Crippen LogP contribution in [0.2, 0.25) is 10.0 Å². The number of rotatable bonds is 6. The number of amides is 1. The van der Waals surface area contributed by atoms with E-state index in [1.165, 1.54) is 30.5 Å². The number of aromatic nitrogens is 4. The van der Waals surface area contributed by atoms with E-state index < -0.39 is 5.91 Å². The Labute approximate surface area is 185 Å². The molecule has 4 aromatic rings. The van der Waals surface area contributed by atoms with E-state index in [1.807, 2.05) is 0 Å². The van der Waals surface area contributed by atoms with Crippen molar-refractivity contribution in [2.75, 3.05) is 0 Å². The van der Waals surface area contributed by atoms with Gasteiger partial charge >= 0.3 is 0 Å². The van der Waals surface area contributed by atoms with Gasteiger partial charge in [0.05, 0.1) is 6.21 Å². The smallest absolute Gasteiger partial charge is 0.263 e. The molecule has 1 N–H and O–H groups in total. The van der Waals surface area contributed by atoms with Gasteiger partial charge in [-0.1, -0.05) is 23.2 Å². The highest BCUT2D eigenvalue weighted by Crippen LogP contribution is 2.28. The normalized spacial score (nSPS) is 11.2. The average molecular weight is 459 g/mol. The molecule has 0 saturated heterocycles. The van der Waals surface area contributed by atoms with E-state index in [1.54, 1.807) is 30.3 Å². The predicted molar refractivity (Wildman–Crippen MR) is 113 cm³/mol. The van der Waals surface area contributed by atoms with Crippen LogP contribution < -0.4 is 5.43 Å². The summed E-state index contributed by atoms with van der Waals surface area (Å²) >= 11 is 12.0. The molecule has 0 fully saturated rings. The minimum atomic E-state index is -0.465. The van der Waals surface area contributed by atoms with Crippen LogP contribution in [0, 0.1) is 5.82 Å². The third kappa shape index (κ3) is 5.33. The van der Waals surface area contributed by atoms with Crippen molar-refractivity contribution in [2.24, 2.45) is 5.10 Å². The largest absolute Gasteiger partial charge is 0.455 e. The monoisotopic (exact) mass is 458 g/mol. The summed E-state index contributed by atoms with van der Waals surface area (Å²) in [5, 5.41) is 16.6. The van der Waals surface area contributed by atoms with Crippen LogP contribution in [-0.4, -0.2) is 32.3 Å². The summed E-state index contributed by atoms with van der Waals surface area (Å²) in [7, 11) is 0. The van der Waals surface area contributed by atoms with Crippen molar-refractivity contribution in [1.29, 1.82) is 0 Å². The highest BCUT2D eigenvalue weighted by atomic mass is 35.5. The molecule has 0 unspecified atom stereocenters. The van der Waals surface area contributed by atoms with Crippen LogP contribution in [0.25, 0.3) is 22.7 Å². The molecule has 2 aromatic carbocycles. The molecular weight excluding hydrogens is 446 g/mol.